The van der Waals surface area contributed by atoms with Crippen molar-refractivity contribution < 1.29 is 14.3 Å². The second-order valence-electron chi connectivity index (χ2n) is 4.62. The summed E-state index contributed by atoms with van der Waals surface area (Å²) in [6.07, 6.45) is 3.69. The molecule has 0 N–H and O–H groups in total. The first kappa shape index (κ1) is 14.5. The second-order valence-corrected chi connectivity index (χ2v) is 4.62. The molecule has 110 valence electrons. The molecule has 0 bridgehead atoms. The molecule has 2 heterocycles. The number of rotatable bonds is 4. The van der Waals surface area contributed by atoms with Gasteiger partial charge in [0.15, 0.2) is 0 Å². The Balaban J connectivity index is 1.72. The van der Waals surface area contributed by atoms with Gasteiger partial charge >= 0.3 is 11.9 Å². The molecule has 1 aromatic heterocycles. The fourth-order valence-corrected chi connectivity index (χ4v) is 2.17. The van der Waals surface area contributed by atoms with Gasteiger partial charge in [0.05, 0.1) is 13.2 Å². The number of piperazine rings is 1. The molecule has 1 amide bonds. The maximum atomic E-state index is 11.8. The van der Waals surface area contributed by atoms with Gasteiger partial charge in [0.25, 0.3) is 0 Å². The monoisotopic (exact) mass is 280 g/mol. The first-order chi connectivity index (χ1) is 9.70. The number of hydrogen-bond acceptors (Lipinski definition) is 5. The number of hydrogen-bond donors (Lipinski definition) is 0. The van der Waals surface area contributed by atoms with Crippen molar-refractivity contribution in [2.45, 2.75) is 13.5 Å². The molecule has 0 aliphatic carbocycles. The van der Waals surface area contributed by atoms with Crippen LogP contribution >= 0.6 is 0 Å². The molecule has 2 rings (SSSR count). The van der Waals surface area contributed by atoms with Crippen LogP contribution < -0.4 is 0 Å². The van der Waals surface area contributed by atoms with E-state index in [1.54, 1.807) is 18.0 Å². The van der Waals surface area contributed by atoms with Crippen molar-refractivity contribution in [1.29, 1.82) is 0 Å². The topological polar surface area (TPSA) is 67.7 Å². The van der Waals surface area contributed by atoms with Crippen LogP contribution in [0.3, 0.4) is 0 Å². The van der Waals surface area contributed by atoms with Gasteiger partial charge in [0.2, 0.25) is 0 Å². The Hall–Kier alpha value is -1.89. The number of amides is 1. The van der Waals surface area contributed by atoms with Gasteiger partial charge in [-0.3, -0.25) is 14.4 Å². The van der Waals surface area contributed by atoms with Crippen LogP contribution in [0, 0.1) is 0 Å². The molecule has 7 nitrogen and oxygen atoms in total. The summed E-state index contributed by atoms with van der Waals surface area (Å²) in [4.78, 5) is 26.9. The molecule has 20 heavy (non-hydrogen) atoms. The third-order valence-corrected chi connectivity index (χ3v) is 3.31. The van der Waals surface area contributed by atoms with Crippen LogP contribution in [-0.4, -0.2) is 70.8 Å². The average molecular weight is 280 g/mol. The Morgan fingerprint density at radius 2 is 1.95 bits per heavy atom. The summed E-state index contributed by atoms with van der Waals surface area (Å²) in [5.74, 6) is -1.28. The van der Waals surface area contributed by atoms with E-state index in [-0.39, 0.29) is 6.61 Å². The van der Waals surface area contributed by atoms with E-state index in [0.29, 0.717) is 13.1 Å². The Bertz CT molecular complexity index is 438. The summed E-state index contributed by atoms with van der Waals surface area (Å²) >= 11 is 0. The highest BCUT2D eigenvalue weighted by atomic mass is 16.5. The summed E-state index contributed by atoms with van der Waals surface area (Å²) in [5.41, 5.74) is 0. The van der Waals surface area contributed by atoms with E-state index >= 15 is 0 Å². The van der Waals surface area contributed by atoms with E-state index in [4.69, 9.17) is 4.74 Å². The van der Waals surface area contributed by atoms with Gasteiger partial charge in [-0.15, -0.1) is 0 Å². The van der Waals surface area contributed by atoms with Crippen molar-refractivity contribution in [2.75, 3.05) is 39.3 Å². The van der Waals surface area contributed by atoms with Gasteiger partial charge in [-0.25, -0.2) is 4.79 Å². The Morgan fingerprint density at radius 1 is 1.20 bits per heavy atom. The Morgan fingerprint density at radius 3 is 2.55 bits per heavy atom. The van der Waals surface area contributed by atoms with Crippen molar-refractivity contribution in [3.05, 3.63) is 18.5 Å². The number of esters is 1. The number of ether oxygens (including phenoxy) is 1. The number of nitrogens with zero attached hydrogens (tertiary/aromatic N) is 4. The van der Waals surface area contributed by atoms with Gasteiger partial charge in [-0.2, -0.15) is 5.10 Å². The van der Waals surface area contributed by atoms with Gasteiger partial charge in [-0.05, 0) is 13.0 Å². The van der Waals surface area contributed by atoms with Crippen LogP contribution in [0.1, 0.15) is 6.92 Å². The quantitative estimate of drug-likeness (QED) is 0.554. The van der Waals surface area contributed by atoms with Crippen molar-refractivity contribution in [3.8, 4) is 0 Å². The van der Waals surface area contributed by atoms with E-state index < -0.39 is 11.9 Å². The van der Waals surface area contributed by atoms with Crippen LogP contribution in [0.5, 0.6) is 0 Å². The van der Waals surface area contributed by atoms with Crippen LogP contribution in [-0.2, 0) is 20.9 Å². The largest absolute Gasteiger partial charge is 0.459 e. The standard InChI is InChI=1S/C13H20N4O3/c1-2-20-13(19)12(18)16-9-6-15(7-10-16)8-11-17-5-3-4-14-17/h3-5H,2,6-11H2,1H3. The van der Waals surface area contributed by atoms with Crippen molar-refractivity contribution in [3.63, 3.8) is 0 Å². The lowest BCUT2D eigenvalue weighted by Gasteiger charge is -2.34. The van der Waals surface area contributed by atoms with Crippen LogP contribution in [0.25, 0.3) is 0 Å². The highest BCUT2D eigenvalue weighted by molar-refractivity contribution is 6.32. The molecule has 1 saturated heterocycles. The van der Waals surface area contributed by atoms with Crippen molar-refractivity contribution in [1.82, 2.24) is 19.6 Å². The van der Waals surface area contributed by atoms with E-state index in [0.717, 1.165) is 26.2 Å². The first-order valence-electron chi connectivity index (χ1n) is 6.86. The summed E-state index contributed by atoms with van der Waals surface area (Å²) in [7, 11) is 0. The van der Waals surface area contributed by atoms with E-state index in [9.17, 15) is 9.59 Å². The molecule has 0 atom stereocenters. The van der Waals surface area contributed by atoms with Crippen molar-refractivity contribution >= 4 is 11.9 Å². The summed E-state index contributed by atoms with van der Waals surface area (Å²) in [6, 6.07) is 1.90. The third-order valence-electron chi connectivity index (χ3n) is 3.31. The minimum atomic E-state index is -0.752. The van der Waals surface area contributed by atoms with Crippen LogP contribution in [0.15, 0.2) is 18.5 Å². The number of aromatic nitrogens is 2. The highest BCUT2D eigenvalue weighted by Crippen LogP contribution is 2.03. The predicted molar refractivity (Wildman–Crippen MR) is 71.9 cm³/mol. The lowest BCUT2D eigenvalue weighted by Crippen LogP contribution is -2.51. The average Bonchev–Trinajstić information content (AvgIpc) is 2.98. The van der Waals surface area contributed by atoms with Crippen molar-refractivity contribution in [2.24, 2.45) is 0 Å². The van der Waals surface area contributed by atoms with Crippen LogP contribution in [0.2, 0.25) is 0 Å². The molecule has 0 aromatic carbocycles. The maximum absolute atomic E-state index is 11.8. The van der Waals surface area contributed by atoms with Gasteiger partial charge < -0.3 is 9.64 Å². The molecule has 0 spiro atoms. The minimum Gasteiger partial charge on any atom is -0.459 e. The zero-order valence-corrected chi connectivity index (χ0v) is 11.7. The van der Waals surface area contributed by atoms with Gasteiger partial charge in [-0.1, -0.05) is 0 Å². The van der Waals surface area contributed by atoms with E-state index in [2.05, 4.69) is 10.00 Å². The predicted octanol–water partition coefficient (Wildman–Crippen LogP) is -0.410. The molecular weight excluding hydrogens is 260 g/mol. The van der Waals surface area contributed by atoms with E-state index in [1.807, 2.05) is 16.9 Å². The lowest BCUT2D eigenvalue weighted by atomic mass is 10.3. The van der Waals surface area contributed by atoms with Gasteiger partial charge in [0.1, 0.15) is 0 Å². The highest BCUT2D eigenvalue weighted by Gasteiger charge is 2.26. The third kappa shape index (κ3) is 3.80. The molecule has 0 unspecified atom stereocenters. The minimum absolute atomic E-state index is 0.231. The molecule has 1 aliphatic heterocycles. The molecule has 7 heteroatoms. The molecule has 0 radical (unpaired) electrons. The molecule has 1 aliphatic rings. The summed E-state index contributed by atoms with van der Waals surface area (Å²) in [6.45, 7) is 6.32. The normalized spacial score (nSPS) is 16.1. The summed E-state index contributed by atoms with van der Waals surface area (Å²) in [5, 5.41) is 4.15. The second kappa shape index (κ2) is 7.04. The zero-order chi connectivity index (χ0) is 14.4. The first-order valence-corrected chi connectivity index (χ1v) is 6.86. The number of carbonyl (C=O) groups is 2. The lowest BCUT2D eigenvalue weighted by molar-refractivity contribution is -0.160. The zero-order valence-electron chi connectivity index (χ0n) is 11.7. The van der Waals surface area contributed by atoms with Gasteiger partial charge in [0, 0.05) is 45.1 Å². The maximum Gasteiger partial charge on any atom is 0.397 e. The summed E-state index contributed by atoms with van der Waals surface area (Å²) < 4.78 is 6.61. The smallest absolute Gasteiger partial charge is 0.397 e. The molecule has 1 fully saturated rings. The Kier molecular flexibility index (Phi) is 5.11. The molecule has 0 saturated carbocycles. The number of carbonyl (C=O) groups excluding carboxylic acids is 2. The molecular formula is C13H20N4O3. The van der Waals surface area contributed by atoms with Crippen LogP contribution in [0.4, 0.5) is 0 Å². The molecule has 1 aromatic rings. The fourth-order valence-electron chi connectivity index (χ4n) is 2.17. The SMILES string of the molecule is CCOC(=O)C(=O)N1CCN(CCn2cccn2)CC1. The van der Waals surface area contributed by atoms with E-state index in [1.165, 1.54) is 0 Å². The fraction of sp³-hybridized carbons (Fsp3) is 0.615. The Labute approximate surface area is 118 Å².